The molecule has 1 aliphatic carbocycles. The van der Waals surface area contributed by atoms with E-state index in [9.17, 15) is 0 Å². The quantitative estimate of drug-likeness (QED) is 0.868. The molecule has 4 nitrogen and oxygen atoms in total. The summed E-state index contributed by atoms with van der Waals surface area (Å²) in [6.45, 7) is 2.98. The highest BCUT2D eigenvalue weighted by Crippen LogP contribution is 2.27. The van der Waals surface area contributed by atoms with Gasteiger partial charge in [0, 0.05) is 24.0 Å². The van der Waals surface area contributed by atoms with Crippen molar-refractivity contribution < 1.29 is 0 Å². The highest BCUT2D eigenvalue weighted by atomic mass is 15.0. The molecular weight excluding hydrogens is 248 g/mol. The lowest BCUT2D eigenvalue weighted by atomic mass is 10.1. The average molecular weight is 268 g/mol. The maximum absolute atomic E-state index is 4.77. The van der Waals surface area contributed by atoms with Crippen molar-refractivity contribution in [2.75, 3.05) is 11.9 Å². The van der Waals surface area contributed by atoms with Crippen molar-refractivity contribution >= 4 is 5.82 Å². The number of hydrogen-bond donors (Lipinski definition) is 1. The van der Waals surface area contributed by atoms with Gasteiger partial charge in [-0.1, -0.05) is 12.5 Å². The van der Waals surface area contributed by atoms with Crippen LogP contribution in [-0.2, 0) is 12.8 Å². The molecule has 3 rings (SSSR count). The molecule has 0 aliphatic heterocycles. The Balaban J connectivity index is 2.08. The van der Waals surface area contributed by atoms with Crippen molar-refractivity contribution in [1.29, 1.82) is 0 Å². The Hall–Kier alpha value is -1.97. The Morgan fingerprint density at radius 3 is 2.80 bits per heavy atom. The van der Waals surface area contributed by atoms with Crippen LogP contribution in [0.3, 0.4) is 0 Å². The van der Waals surface area contributed by atoms with Gasteiger partial charge in [-0.2, -0.15) is 0 Å². The van der Waals surface area contributed by atoms with Gasteiger partial charge in [-0.05, 0) is 44.7 Å². The van der Waals surface area contributed by atoms with Crippen LogP contribution in [0.25, 0.3) is 11.5 Å². The second-order valence-corrected chi connectivity index (χ2v) is 5.13. The van der Waals surface area contributed by atoms with E-state index >= 15 is 0 Å². The molecule has 0 fully saturated rings. The van der Waals surface area contributed by atoms with Gasteiger partial charge in [-0.3, -0.25) is 4.98 Å². The van der Waals surface area contributed by atoms with Crippen molar-refractivity contribution in [2.45, 2.75) is 39.0 Å². The number of fused-ring (bicyclic) bond motifs is 1. The topological polar surface area (TPSA) is 50.7 Å². The molecule has 1 aliphatic rings. The van der Waals surface area contributed by atoms with Crippen LogP contribution in [0.4, 0.5) is 5.82 Å². The predicted octanol–water partition coefficient (Wildman–Crippen LogP) is 3.24. The molecule has 0 atom stereocenters. The van der Waals surface area contributed by atoms with Crippen molar-refractivity contribution in [1.82, 2.24) is 15.0 Å². The van der Waals surface area contributed by atoms with E-state index in [1.54, 1.807) is 6.20 Å². The highest BCUT2D eigenvalue weighted by Gasteiger charge is 2.17. The Morgan fingerprint density at radius 1 is 1.10 bits per heavy atom. The summed E-state index contributed by atoms with van der Waals surface area (Å²) < 4.78 is 0. The zero-order chi connectivity index (χ0) is 13.8. The fourth-order valence-electron chi connectivity index (χ4n) is 2.69. The summed E-state index contributed by atoms with van der Waals surface area (Å²) in [6, 6.07) is 5.86. The lowest BCUT2D eigenvalue weighted by molar-refractivity contribution is 0.709. The lowest BCUT2D eigenvalue weighted by Gasteiger charge is -2.13. The van der Waals surface area contributed by atoms with E-state index in [1.165, 1.54) is 30.5 Å². The first-order valence-corrected chi connectivity index (χ1v) is 7.43. The predicted molar refractivity (Wildman–Crippen MR) is 80.7 cm³/mol. The van der Waals surface area contributed by atoms with Gasteiger partial charge in [0.15, 0.2) is 5.82 Å². The molecule has 2 aromatic heterocycles. The molecule has 1 N–H and O–H groups in total. The molecule has 2 aromatic rings. The minimum Gasteiger partial charge on any atom is -0.370 e. The second-order valence-electron chi connectivity index (χ2n) is 5.13. The Bertz CT molecular complexity index is 581. The van der Waals surface area contributed by atoms with Crippen molar-refractivity contribution in [3.63, 3.8) is 0 Å². The molecule has 0 amide bonds. The first kappa shape index (κ1) is 13.0. The van der Waals surface area contributed by atoms with Crippen LogP contribution in [0.1, 0.15) is 37.4 Å². The molecule has 2 heterocycles. The Kier molecular flexibility index (Phi) is 3.90. The SMILES string of the molecule is CCNc1nc(-c2ccccn2)nc2c1CCCCC2. The molecule has 4 heteroatoms. The van der Waals surface area contributed by atoms with E-state index in [4.69, 9.17) is 9.97 Å². The summed E-state index contributed by atoms with van der Waals surface area (Å²) in [6.07, 6.45) is 7.66. The standard InChI is InChI=1S/C16H20N4/c1-2-17-15-12-8-4-3-5-9-13(12)19-16(20-15)14-10-6-7-11-18-14/h6-7,10-11H,2-5,8-9H2,1H3,(H,17,19,20). The van der Waals surface area contributed by atoms with Crippen LogP contribution in [-0.4, -0.2) is 21.5 Å². The third-order valence-corrected chi connectivity index (χ3v) is 3.67. The number of aromatic nitrogens is 3. The number of nitrogens with zero attached hydrogens (tertiary/aromatic N) is 3. The monoisotopic (exact) mass is 268 g/mol. The number of aryl methyl sites for hydroxylation is 1. The summed E-state index contributed by atoms with van der Waals surface area (Å²) in [5, 5.41) is 3.39. The van der Waals surface area contributed by atoms with E-state index in [2.05, 4.69) is 17.2 Å². The first-order chi connectivity index (χ1) is 9.88. The van der Waals surface area contributed by atoms with Crippen molar-refractivity contribution in [3.8, 4) is 11.5 Å². The molecule has 0 saturated heterocycles. The molecule has 0 saturated carbocycles. The number of hydrogen-bond acceptors (Lipinski definition) is 4. The summed E-state index contributed by atoms with van der Waals surface area (Å²) in [4.78, 5) is 13.8. The van der Waals surface area contributed by atoms with E-state index < -0.39 is 0 Å². The minimum atomic E-state index is 0.738. The lowest BCUT2D eigenvalue weighted by Crippen LogP contribution is -2.09. The van der Waals surface area contributed by atoms with Gasteiger partial charge >= 0.3 is 0 Å². The Morgan fingerprint density at radius 2 is 2.00 bits per heavy atom. The van der Waals surface area contributed by atoms with Gasteiger partial charge in [0.2, 0.25) is 0 Å². The molecule has 0 unspecified atom stereocenters. The van der Waals surface area contributed by atoms with Crippen LogP contribution >= 0.6 is 0 Å². The molecule has 0 radical (unpaired) electrons. The maximum Gasteiger partial charge on any atom is 0.180 e. The molecule has 104 valence electrons. The average Bonchev–Trinajstić information content (AvgIpc) is 2.74. The van der Waals surface area contributed by atoms with E-state index in [0.29, 0.717) is 0 Å². The molecule has 0 spiro atoms. The van der Waals surface area contributed by atoms with Gasteiger partial charge in [0.05, 0.1) is 0 Å². The summed E-state index contributed by atoms with van der Waals surface area (Å²) in [5.41, 5.74) is 3.36. The zero-order valence-electron chi connectivity index (χ0n) is 11.9. The summed E-state index contributed by atoms with van der Waals surface area (Å²) >= 11 is 0. The third kappa shape index (κ3) is 2.64. The van der Waals surface area contributed by atoms with Crippen LogP contribution < -0.4 is 5.32 Å². The number of anilines is 1. The first-order valence-electron chi connectivity index (χ1n) is 7.43. The van der Waals surface area contributed by atoms with Gasteiger partial charge in [-0.15, -0.1) is 0 Å². The van der Waals surface area contributed by atoms with Crippen molar-refractivity contribution in [2.24, 2.45) is 0 Å². The number of pyridine rings is 1. The van der Waals surface area contributed by atoms with E-state index in [0.717, 1.165) is 36.7 Å². The fraction of sp³-hybridized carbons (Fsp3) is 0.438. The van der Waals surface area contributed by atoms with E-state index in [-0.39, 0.29) is 0 Å². The summed E-state index contributed by atoms with van der Waals surface area (Å²) in [5.74, 6) is 1.74. The van der Waals surface area contributed by atoms with Crippen molar-refractivity contribution in [3.05, 3.63) is 35.7 Å². The van der Waals surface area contributed by atoms with Crippen LogP contribution in [0.2, 0.25) is 0 Å². The van der Waals surface area contributed by atoms with Crippen LogP contribution in [0.15, 0.2) is 24.4 Å². The number of nitrogens with one attached hydrogen (secondary N) is 1. The van der Waals surface area contributed by atoms with Crippen LogP contribution in [0, 0.1) is 0 Å². The molecule has 0 bridgehead atoms. The van der Waals surface area contributed by atoms with Crippen LogP contribution in [0.5, 0.6) is 0 Å². The van der Waals surface area contributed by atoms with Gasteiger partial charge in [0.25, 0.3) is 0 Å². The second kappa shape index (κ2) is 5.99. The maximum atomic E-state index is 4.77. The zero-order valence-corrected chi connectivity index (χ0v) is 11.9. The van der Waals surface area contributed by atoms with Gasteiger partial charge < -0.3 is 5.32 Å². The normalized spacial score (nSPS) is 14.4. The van der Waals surface area contributed by atoms with Gasteiger partial charge in [0.1, 0.15) is 11.5 Å². The summed E-state index contributed by atoms with van der Waals surface area (Å²) in [7, 11) is 0. The molecule has 20 heavy (non-hydrogen) atoms. The fourth-order valence-corrected chi connectivity index (χ4v) is 2.69. The number of rotatable bonds is 3. The smallest absolute Gasteiger partial charge is 0.180 e. The molecular formula is C16H20N4. The minimum absolute atomic E-state index is 0.738. The third-order valence-electron chi connectivity index (χ3n) is 3.67. The Labute approximate surface area is 119 Å². The van der Waals surface area contributed by atoms with E-state index in [1.807, 2.05) is 18.2 Å². The van der Waals surface area contributed by atoms with Gasteiger partial charge in [-0.25, -0.2) is 9.97 Å². The largest absolute Gasteiger partial charge is 0.370 e. The highest BCUT2D eigenvalue weighted by molar-refractivity contribution is 5.56. The molecule has 0 aromatic carbocycles.